The van der Waals surface area contributed by atoms with E-state index >= 15 is 0 Å². The van der Waals surface area contributed by atoms with Crippen molar-refractivity contribution in [1.82, 2.24) is 0 Å². The number of rotatable bonds is 4. The lowest BCUT2D eigenvalue weighted by molar-refractivity contribution is 0.187. The molecule has 2 rings (SSSR count). The molecule has 0 saturated carbocycles. The predicted molar refractivity (Wildman–Crippen MR) is 84.7 cm³/mol. The lowest BCUT2D eigenvalue weighted by Gasteiger charge is -2.23. The zero-order chi connectivity index (χ0) is 15.9. The minimum atomic E-state index is -0.543. The molecule has 1 N–H and O–H groups in total. The van der Waals surface area contributed by atoms with E-state index in [0.29, 0.717) is 17.9 Å². The first-order valence-corrected chi connectivity index (χ1v) is 6.55. The largest absolute Gasteiger partial charge is 0.453 e. The summed E-state index contributed by atoms with van der Waals surface area (Å²) in [4.78, 5) is 12.9. The zero-order valence-corrected chi connectivity index (χ0v) is 12.0. The van der Waals surface area contributed by atoms with Crippen molar-refractivity contribution in [3.05, 3.63) is 54.3 Å². The molecule has 5 heteroatoms. The number of carbonyl (C=O) groups is 1. The fourth-order valence-corrected chi connectivity index (χ4v) is 1.96. The smallest absolute Gasteiger partial charge is 0.411 e. The van der Waals surface area contributed by atoms with Crippen LogP contribution in [0.1, 0.15) is 0 Å². The van der Waals surface area contributed by atoms with Crippen molar-refractivity contribution in [3.63, 3.8) is 0 Å². The molecule has 0 fully saturated rings. The van der Waals surface area contributed by atoms with Crippen LogP contribution in [-0.2, 0) is 4.74 Å². The number of hydrogen-bond acceptors (Lipinski definition) is 3. The Bertz CT molecular complexity index is 693. The first-order chi connectivity index (χ1) is 10.6. The second kappa shape index (κ2) is 7.14. The van der Waals surface area contributed by atoms with Crippen molar-refractivity contribution in [2.75, 3.05) is 23.9 Å². The Labute approximate surface area is 128 Å². The number of terminal acetylenes is 1. The van der Waals surface area contributed by atoms with Gasteiger partial charge in [-0.05, 0) is 42.5 Å². The minimum absolute atomic E-state index is 0.299. The van der Waals surface area contributed by atoms with Gasteiger partial charge in [0.25, 0.3) is 0 Å². The van der Waals surface area contributed by atoms with Gasteiger partial charge in [-0.15, -0.1) is 6.42 Å². The van der Waals surface area contributed by atoms with E-state index in [4.69, 9.17) is 6.42 Å². The van der Waals surface area contributed by atoms with Gasteiger partial charge < -0.3 is 9.64 Å². The molecular weight excluding hydrogens is 283 g/mol. The van der Waals surface area contributed by atoms with Gasteiger partial charge in [-0.2, -0.15) is 0 Å². The molecule has 2 aromatic carbocycles. The highest BCUT2D eigenvalue weighted by Gasteiger charge is 2.09. The third kappa shape index (κ3) is 3.76. The number of anilines is 3. The summed E-state index contributed by atoms with van der Waals surface area (Å²) in [6.07, 6.45) is 4.85. The summed E-state index contributed by atoms with van der Waals surface area (Å²) in [6.45, 7) is 0.299. The summed E-state index contributed by atoms with van der Waals surface area (Å²) in [5.41, 5.74) is 2.04. The quantitative estimate of drug-likeness (QED) is 0.874. The Morgan fingerprint density at radius 2 is 2.00 bits per heavy atom. The van der Waals surface area contributed by atoms with Gasteiger partial charge in [0.2, 0.25) is 0 Å². The number of hydrogen-bond donors (Lipinski definition) is 1. The summed E-state index contributed by atoms with van der Waals surface area (Å²) in [7, 11) is 1.29. The molecule has 1 amide bonds. The Kier molecular flexibility index (Phi) is 4.99. The van der Waals surface area contributed by atoms with E-state index in [0.717, 1.165) is 5.69 Å². The molecule has 22 heavy (non-hydrogen) atoms. The molecule has 0 aliphatic carbocycles. The monoisotopic (exact) mass is 298 g/mol. The van der Waals surface area contributed by atoms with Crippen LogP contribution in [0.3, 0.4) is 0 Å². The van der Waals surface area contributed by atoms with E-state index in [9.17, 15) is 9.18 Å². The molecule has 0 aromatic heterocycles. The van der Waals surface area contributed by atoms with E-state index in [1.54, 1.807) is 41.3 Å². The predicted octanol–water partition coefficient (Wildman–Crippen LogP) is 3.78. The first-order valence-electron chi connectivity index (χ1n) is 6.55. The second-order valence-corrected chi connectivity index (χ2v) is 4.43. The van der Waals surface area contributed by atoms with Crippen LogP contribution in [-0.4, -0.2) is 19.7 Å². The van der Waals surface area contributed by atoms with Crippen molar-refractivity contribution in [3.8, 4) is 12.3 Å². The van der Waals surface area contributed by atoms with Crippen molar-refractivity contribution in [2.24, 2.45) is 0 Å². The molecule has 0 aliphatic rings. The molecular formula is C17H15FN2O2. The maximum atomic E-state index is 13.4. The molecule has 0 bridgehead atoms. The second-order valence-electron chi connectivity index (χ2n) is 4.43. The van der Waals surface area contributed by atoms with E-state index < -0.39 is 6.09 Å². The summed E-state index contributed by atoms with van der Waals surface area (Å²) in [5, 5.41) is 2.56. The number of methoxy groups -OCH3 is 1. The molecule has 112 valence electrons. The summed E-state index contributed by atoms with van der Waals surface area (Å²) in [6, 6.07) is 13.2. The number of ether oxygens (including phenoxy) is 1. The van der Waals surface area contributed by atoms with Gasteiger partial charge in [0.15, 0.2) is 0 Å². The van der Waals surface area contributed by atoms with Crippen LogP contribution >= 0.6 is 0 Å². The molecule has 0 aliphatic heterocycles. The van der Waals surface area contributed by atoms with Gasteiger partial charge in [0, 0.05) is 17.1 Å². The van der Waals surface area contributed by atoms with E-state index in [2.05, 4.69) is 16.0 Å². The maximum Gasteiger partial charge on any atom is 0.411 e. The fraction of sp³-hybridized carbons (Fsp3) is 0.118. The number of carbonyl (C=O) groups excluding carboxylic acids is 1. The highest BCUT2D eigenvalue weighted by molar-refractivity contribution is 5.84. The highest BCUT2D eigenvalue weighted by Crippen LogP contribution is 2.26. The van der Waals surface area contributed by atoms with Crippen LogP contribution in [0, 0.1) is 18.2 Å². The standard InChI is InChI=1S/C17H15FN2O2/c1-3-11-20(16-6-4-5-13(18)12-16)15-9-7-14(8-10-15)19-17(21)22-2/h1,4-10,12H,11H2,2H3,(H,19,21). The summed E-state index contributed by atoms with van der Waals surface area (Å²) in [5.74, 6) is 2.22. The maximum absolute atomic E-state index is 13.4. The normalized spacial score (nSPS) is 9.68. The summed E-state index contributed by atoms with van der Waals surface area (Å²) < 4.78 is 17.9. The molecule has 4 nitrogen and oxygen atoms in total. The van der Waals surface area contributed by atoms with Gasteiger partial charge in [-0.3, -0.25) is 5.32 Å². The minimum Gasteiger partial charge on any atom is -0.453 e. The molecule has 2 aromatic rings. The third-order valence-corrected chi connectivity index (χ3v) is 2.98. The van der Waals surface area contributed by atoms with Gasteiger partial charge in [0.05, 0.1) is 13.7 Å². The molecule has 0 saturated heterocycles. The van der Waals surface area contributed by atoms with Crippen LogP contribution in [0.5, 0.6) is 0 Å². The molecule has 0 atom stereocenters. The Morgan fingerprint density at radius 1 is 1.27 bits per heavy atom. The van der Waals surface area contributed by atoms with E-state index in [1.807, 2.05) is 0 Å². The van der Waals surface area contributed by atoms with E-state index in [1.165, 1.54) is 19.2 Å². The fourth-order valence-electron chi connectivity index (χ4n) is 1.96. The number of halogens is 1. The Balaban J connectivity index is 2.26. The molecule has 0 unspecified atom stereocenters. The number of amides is 1. The van der Waals surface area contributed by atoms with Crippen molar-refractivity contribution in [1.29, 1.82) is 0 Å². The van der Waals surface area contributed by atoms with Crippen LogP contribution in [0.2, 0.25) is 0 Å². The SMILES string of the molecule is C#CCN(c1ccc(NC(=O)OC)cc1)c1cccc(F)c1. The summed E-state index contributed by atoms with van der Waals surface area (Å²) >= 11 is 0. The van der Waals surface area contributed by atoms with Crippen LogP contribution in [0.4, 0.5) is 26.2 Å². The van der Waals surface area contributed by atoms with Gasteiger partial charge in [-0.1, -0.05) is 12.0 Å². The Morgan fingerprint density at radius 3 is 2.59 bits per heavy atom. The van der Waals surface area contributed by atoms with Crippen molar-refractivity contribution in [2.45, 2.75) is 0 Å². The number of nitrogens with one attached hydrogen (secondary N) is 1. The van der Waals surface area contributed by atoms with Crippen LogP contribution in [0.15, 0.2) is 48.5 Å². The van der Waals surface area contributed by atoms with Crippen LogP contribution in [0.25, 0.3) is 0 Å². The molecule has 0 spiro atoms. The zero-order valence-electron chi connectivity index (χ0n) is 12.0. The molecule has 0 radical (unpaired) electrons. The number of nitrogens with zero attached hydrogens (tertiary/aromatic N) is 1. The van der Waals surface area contributed by atoms with E-state index in [-0.39, 0.29) is 5.82 Å². The Hall–Kier alpha value is -3.00. The van der Waals surface area contributed by atoms with Gasteiger partial charge in [-0.25, -0.2) is 9.18 Å². The van der Waals surface area contributed by atoms with Gasteiger partial charge in [0.1, 0.15) is 5.82 Å². The van der Waals surface area contributed by atoms with Crippen molar-refractivity contribution >= 4 is 23.2 Å². The molecule has 0 heterocycles. The average molecular weight is 298 g/mol. The topological polar surface area (TPSA) is 41.6 Å². The number of benzene rings is 2. The lowest BCUT2D eigenvalue weighted by atomic mass is 10.2. The lowest BCUT2D eigenvalue weighted by Crippen LogP contribution is -2.17. The van der Waals surface area contributed by atoms with Gasteiger partial charge >= 0.3 is 6.09 Å². The average Bonchev–Trinajstić information content (AvgIpc) is 2.53. The third-order valence-electron chi connectivity index (χ3n) is 2.98. The van der Waals surface area contributed by atoms with Crippen LogP contribution < -0.4 is 10.2 Å². The van der Waals surface area contributed by atoms with Crippen molar-refractivity contribution < 1.29 is 13.9 Å². The first kappa shape index (κ1) is 15.4. The highest BCUT2D eigenvalue weighted by atomic mass is 19.1.